The summed E-state index contributed by atoms with van der Waals surface area (Å²) in [5.74, 6) is -2.05. The fourth-order valence-corrected chi connectivity index (χ4v) is 2.31. The average molecular weight is 247 g/mol. The van der Waals surface area contributed by atoms with Gasteiger partial charge in [-0.05, 0) is 12.3 Å². The molecule has 2 N–H and O–H groups in total. The van der Waals surface area contributed by atoms with E-state index in [1.807, 2.05) is 4.90 Å². The summed E-state index contributed by atoms with van der Waals surface area (Å²) in [6, 6.07) is 0. The Balaban J connectivity index is 1.79. The van der Waals surface area contributed by atoms with Crippen LogP contribution < -0.4 is 5.73 Å². The molecule has 1 aliphatic heterocycles. The standard InChI is InChI=1S/C11H19F2N3O/c12-11(13)2-1-9(7-11)8-15-10(14)16-3-5-17-6-4-16/h9H,1-8H2,(H2,14,15). The molecule has 1 unspecified atom stereocenters. The highest BCUT2D eigenvalue weighted by Crippen LogP contribution is 2.38. The van der Waals surface area contributed by atoms with Crippen LogP contribution in [0.3, 0.4) is 0 Å². The minimum Gasteiger partial charge on any atom is -0.378 e. The second-order valence-corrected chi connectivity index (χ2v) is 4.76. The van der Waals surface area contributed by atoms with E-state index in [0.717, 1.165) is 13.1 Å². The molecular weight excluding hydrogens is 228 g/mol. The average Bonchev–Trinajstić information content (AvgIpc) is 2.67. The molecule has 0 amide bonds. The Morgan fingerprint density at radius 2 is 2.12 bits per heavy atom. The minimum atomic E-state index is -2.49. The molecule has 6 heteroatoms. The number of ether oxygens (including phenoxy) is 1. The van der Waals surface area contributed by atoms with Crippen LogP contribution in [-0.4, -0.2) is 49.6 Å². The molecule has 2 aliphatic rings. The van der Waals surface area contributed by atoms with Crippen molar-refractivity contribution >= 4 is 5.96 Å². The van der Waals surface area contributed by atoms with Crippen LogP contribution in [0, 0.1) is 5.92 Å². The van der Waals surface area contributed by atoms with Gasteiger partial charge in [0.15, 0.2) is 5.96 Å². The van der Waals surface area contributed by atoms with E-state index in [2.05, 4.69) is 4.99 Å². The maximum absolute atomic E-state index is 13.0. The normalized spacial score (nSPS) is 29.6. The molecule has 1 heterocycles. The van der Waals surface area contributed by atoms with Crippen molar-refractivity contribution in [3.05, 3.63) is 0 Å². The Bertz CT molecular complexity index is 290. The second-order valence-electron chi connectivity index (χ2n) is 4.76. The fraction of sp³-hybridized carbons (Fsp3) is 0.909. The topological polar surface area (TPSA) is 50.8 Å². The minimum absolute atomic E-state index is 0.00928. The zero-order chi connectivity index (χ0) is 12.3. The van der Waals surface area contributed by atoms with Crippen molar-refractivity contribution in [2.45, 2.75) is 25.2 Å². The van der Waals surface area contributed by atoms with Gasteiger partial charge < -0.3 is 15.4 Å². The number of morpholine rings is 1. The fourth-order valence-electron chi connectivity index (χ4n) is 2.31. The summed E-state index contributed by atoms with van der Waals surface area (Å²) in [4.78, 5) is 6.17. The van der Waals surface area contributed by atoms with Gasteiger partial charge in [0, 0.05) is 32.5 Å². The predicted octanol–water partition coefficient (Wildman–Crippen LogP) is 1.07. The number of aliphatic imine (C=N–C) groups is 1. The van der Waals surface area contributed by atoms with Crippen molar-refractivity contribution in [3.63, 3.8) is 0 Å². The molecule has 0 radical (unpaired) electrons. The van der Waals surface area contributed by atoms with E-state index in [4.69, 9.17) is 10.5 Å². The van der Waals surface area contributed by atoms with Crippen LogP contribution in [0.25, 0.3) is 0 Å². The summed E-state index contributed by atoms with van der Waals surface area (Å²) in [6.07, 6.45) is 0.491. The van der Waals surface area contributed by atoms with Crippen LogP contribution in [0.2, 0.25) is 0 Å². The van der Waals surface area contributed by atoms with Crippen molar-refractivity contribution in [1.82, 2.24) is 4.90 Å². The van der Waals surface area contributed by atoms with E-state index < -0.39 is 5.92 Å². The molecule has 0 aromatic rings. The van der Waals surface area contributed by atoms with Gasteiger partial charge in [-0.25, -0.2) is 8.78 Å². The van der Waals surface area contributed by atoms with E-state index in [0.29, 0.717) is 32.1 Å². The van der Waals surface area contributed by atoms with Gasteiger partial charge in [0.2, 0.25) is 5.92 Å². The van der Waals surface area contributed by atoms with Gasteiger partial charge in [-0.2, -0.15) is 0 Å². The summed E-state index contributed by atoms with van der Waals surface area (Å²) in [5.41, 5.74) is 5.83. The lowest BCUT2D eigenvalue weighted by Crippen LogP contribution is -2.45. The van der Waals surface area contributed by atoms with Gasteiger partial charge in [-0.1, -0.05) is 0 Å². The van der Waals surface area contributed by atoms with Crippen LogP contribution in [0.5, 0.6) is 0 Å². The molecule has 2 rings (SSSR count). The predicted molar refractivity (Wildman–Crippen MR) is 61.2 cm³/mol. The first-order valence-electron chi connectivity index (χ1n) is 6.07. The van der Waals surface area contributed by atoms with Crippen molar-refractivity contribution in [2.24, 2.45) is 16.6 Å². The Labute approximate surface area is 99.8 Å². The quantitative estimate of drug-likeness (QED) is 0.586. The van der Waals surface area contributed by atoms with E-state index in [-0.39, 0.29) is 18.8 Å². The number of nitrogens with zero attached hydrogens (tertiary/aromatic N) is 2. The highest BCUT2D eigenvalue weighted by atomic mass is 19.3. The van der Waals surface area contributed by atoms with Crippen molar-refractivity contribution in [2.75, 3.05) is 32.8 Å². The van der Waals surface area contributed by atoms with E-state index >= 15 is 0 Å². The number of hydrogen-bond acceptors (Lipinski definition) is 2. The molecule has 17 heavy (non-hydrogen) atoms. The zero-order valence-electron chi connectivity index (χ0n) is 9.87. The smallest absolute Gasteiger partial charge is 0.248 e. The maximum Gasteiger partial charge on any atom is 0.248 e. The number of halogens is 2. The summed E-state index contributed by atoms with van der Waals surface area (Å²) >= 11 is 0. The molecule has 0 bridgehead atoms. The van der Waals surface area contributed by atoms with E-state index in [1.54, 1.807) is 0 Å². The number of guanidine groups is 1. The van der Waals surface area contributed by atoms with Gasteiger partial charge in [-0.3, -0.25) is 4.99 Å². The third kappa shape index (κ3) is 3.52. The molecule has 0 aromatic heterocycles. The summed E-state index contributed by atoms with van der Waals surface area (Å²) in [7, 11) is 0. The number of hydrogen-bond donors (Lipinski definition) is 1. The summed E-state index contributed by atoms with van der Waals surface area (Å²) in [6.45, 7) is 3.18. The molecule has 1 saturated carbocycles. The zero-order valence-corrected chi connectivity index (χ0v) is 9.87. The first-order chi connectivity index (χ1) is 8.07. The molecule has 1 atom stereocenters. The Morgan fingerprint density at radius 3 is 2.71 bits per heavy atom. The molecule has 0 aromatic carbocycles. The lowest BCUT2D eigenvalue weighted by Gasteiger charge is -2.27. The Morgan fingerprint density at radius 1 is 1.41 bits per heavy atom. The maximum atomic E-state index is 13.0. The van der Waals surface area contributed by atoms with Gasteiger partial charge in [-0.15, -0.1) is 0 Å². The van der Waals surface area contributed by atoms with Gasteiger partial charge in [0.1, 0.15) is 0 Å². The van der Waals surface area contributed by atoms with Gasteiger partial charge in [0.05, 0.1) is 13.2 Å². The lowest BCUT2D eigenvalue weighted by atomic mass is 10.1. The highest BCUT2D eigenvalue weighted by Gasteiger charge is 2.39. The third-order valence-corrected chi connectivity index (χ3v) is 3.35. The summed E-state index contributed by atoms with van der Waals surface area (Å²) in [5, 5.41) is 0. The molecule has 98 valence electrons. The number of nitrogens with two attached hydrogens (primary N) is 1. The highest BCUT2D eigenvalue weighted by molar-refractivity contribution is 5.78. The van der Waals surface area contributed by atoms with Crippen LogP contribution in [0.15, 0.2) is 4.99 Å². The lowest BCUT2D eigenvalue weighted by molar-refractivity contribution is 0.00540. The van der Waals surface area contributed by atoms with E-state index in [9.17, 15) is 8.78 Å². The van der Waals surface area contributed by atoms with Crippen molar-refractivity contribution < 1.29 is 13.5 Å². The molecule has 0 spiro atoms. The molecule has 2 fully saturated rings. The second kappa shape index (κ2) is 5.16. The van der Waals surface area contributed by atoms with Crippen LogP contribution in [-0.2, 0) is 4.74 Å². The molecule has 4 nitrogen and oxygen atoms in total. The third-order valence-electron chi connectivity index (χ3n) is 3.35. The van der Waals surface area contributed by atoms with E-state index in [1.165, 1.54) is 0 Å². The van der Waals surface area contributed by atoms with Gasteiger partial charge in [0.25, 0.3) is 0 Å². The van der Waals surface area contributed by atoms with Crippen LogP contribution >= 0.6 is 0 Å². The molecule has 1 saturated heterocycles. The Kier molecular flexibility index (Phi) is 3.81. The molecule has 1 aliphatic carbocycles. The largest absolute Gasteiger partial charge is 0.378 e. The SMILES string of the molecule is NC(=NCC1CCC(F)(F)C1)N1CCOCC1. The van der Waals surface area contributed by atoms with Crippen LogP contribution in [0.4, 0.5) is 8.78 Å². The van der Waals surface area contributed by atoms with Crippen molar-refractivity contribution in [1.29, 1.82) is 0 Å². The van der Waals surface area contributed by atoms with Crippen molar-refractivity contribution in [3.8, 4) is 0 Å². The first kappa shape index (κ1) is 12.5. The van der Waals surface area contributed by atoms with Crippen LogP contribution in [0.1, 0.15) is 19.3 Å². The Hall–Kier alpha value is -0.910. The molecular formula is C11H19F2N3O. The first-order valence-corrected chi connectivity index (χ1v) is 6.07. The van der Waals surface area contributed by atoms with Gasteiger partial charge >= 0.3 is 0 Å². The summed E-state index contributed by atoms with van der Waals surface area (Å²) < 4.78 is 31.1. The number of alkyl halides is 2. The number of rotatable bonds is 2. The monoisotopic (exact) mass is 247 g/mol.